The maximum atomic E-state index is 12.5. The van der Waals surface area contributed by atoms with Crippen molar-refractivity contribution in [2.24, 2.45) is 7.05 Å². The van der Waals surface area contributed by atoms with Gasteiger partial charge in [0.25, 0.3) is 5.91 Å². The molecule has 1 aliphatic rings. The molecule has 2 aromatic heterocycles. The van der Waals surface area contributed by atoms with E-state index in [0.717, 1.165) is 22.4 Å². The smallest absolute Gasteiger partial charge is 0.256 e. The van der Waals surface area contributed by atoms with E-state index >= 15 is 0 Å². The maximum absolute atomic E-state index is 12.5. The number of nitrogens with zero attached hydrogens (tertiary/aromatic N) is 4. The molecule has 4 rings (SSSR count). The minimum absolute atomic E-state index is 0.0266. The molecule has 0 aliphatic carbocycles. The van der Waals surface area contributed by atoms with Crippen molar-refractivity contribution in [2.75, 3.05) is 0 Å². The number of carbonyl (C=O) groups is 1. The fourth-order valence-electron chi connectivity index (χ4n) is 3.47. The zero-order valence-electron chi connectivity index (χ0n) is 15.7. The summed E-state index contributed by atoms with van der Waals surface area (Å²) in [6.07, 6.45) is 3.63. The average Bonchev–Trinajstić information content (AvgIpc) is 3.17. The molecule has 0 bridgehead atoms. The summed E-state index contributed by atoms with van der Waals surface area (Å²) in [5.41, 5.74) is 4.11. The van der Waals surface area contributed by atoms with Crippen molar-refractivity contribution < 1.29 is 9.90 Å². The number of pyridine rings is 1. The molecule has 0 atom stereocenters. The number of amides is 1. The molecule has 6 heteroatoms. The highest BCUT2D eigenvalue weighted by Gasteiger charge is 2.28. The Balaban J connectivity index is 1.55. The van der Waals surface area contributed by atoms with Crippen LogP contribution in [-0.2, 0) is 25.7 Å². The van der Waals surface area contributed by atoms with Gasteiger partial charge < -0.3 is 10.0 Å². The third kappa shape index (κ3) is 3.24. The second-order valence-corrected chi connectivity index (χ2v) is 7.48. The largest absolute Gasteiger partial charge is 0.384 e. The van der Waals surface area contributed by atoms with Crippen LogP contribution in [0.25, 0.3) is 11.1 Å². The number of aromatic nitrogens is 3. The second-order valence-electron chi connectivity index (χ2n) is 7.48. The molecule has 1 N–H and O–H groups in total. The summed E-state index contributed by atoms with van der Waals surface area (Å²) in [4.78, 5) is 18.6. The van der Waals surface area contributed by atoms with Gasteiger partial charge in [-0.1, -0.05) is 24.3 Å². The fraction of sp³-hybridized carbons (Fsp3) is 0.286. The Kier molecular flexibility index (Phi) is 4.08. The normalized spacial score (nSPS) is 13.9. The van der Waals surface area contributed by atoms with Crippen LogP contribution in [0.4, 0.5) is 0 Å². The highest BCUT2D eigenvalue weighted by atomic mass is 16.3. The zero-order chi connectivity index (χ0) is 19.2. The number of fused-ring (bicyclic) bond motifs is 1. The van der Waals surface area contributed by atoms with E-state index in [0.29, 0.717) is 24.3 Å². The summed E-state index contributed by atoms with van der Waals surface area (Å²) in [5, 5.41) is 14.8. The van der Waals surface area contributed by atoms with Crippen LogP contribution in [0.15, 0.2) is 48.8 Å². The summed E-state index contributed by atoms with van der Waals surface area (Å²) >= 11 is 0. The van der Waals surface area contributed by atoms with E-state index in [1.165, 1.54) is 0 Å². The number of carbonyl (C=O) groups excluding carboxylic acids is 1. The summed E-state index contributed by atoms with van der Waals surface area (Å²) in [7, 11) is 1.85. The van der Waals surface area contributed by atoms with Gasteiger partial charge in [0.15, 0.2) is 0 Å². The molecule has 1 amide bonds. The lowest BCUT2D eigenvalue weighted by Gasteiger charge is -2.17. The molecule has 0 saturated carbocycles. The molecule has 0 fully saturated rings. The van der Waals surface area contributed by atoms with Crippen molar-refractivity contribution in [3.8, 4) is 11.1 Å². The number of hydrogen-bond donors (Lipinski definition) is 1. The number of hydrogen-bond acceptors (Lipinski definition) is 4. The van der Waals surface area contributed by atoms with Gasteiger partial charge in [-0.15, -0.1) is 0 Å². The summed E-state index contributed by atoms with van der Waals surface area (Å²) in [6, 6.07) is 11.7. The number of benzene rings is 1. The molecule has 138 valence electrons. The number of aliphatic hydroxyl groups is 1. The van der Waals surface area contributed by atoms with Gasteiger partial charge in [0.05, 0.1) is 17.8 Å². The molecular weight excluding hydrogens is 340 g/mol. The van der Waals surface area contributed by atoms with E-state index in [1.54, 1.807) is 35.7 Å². The Morgan fingerprint density at radius 1 is 1.15 bits per heavy atom. The van der Waals surface area contributed by atoms with Crippen LogP contribution in [0.3, 0.4) is 0 Å². The van der Waals surface area contributed by atoms with E-state index in [9.17, 15) is 9.90 Å². The van der Waals surface area contributed by atoms with E-state index < -0.39 is 5.60 Å². The first-order valence-electron chi connectivity index (χ1n) is 8.92. The fourth-order valence-corrected chi connectivity index (χ4v) is 3.47. The van der Waals surface area contributed by atoms with Crippen LogP contribution in [0, 0.1) is 0 Å². The van der Waals surface area contributed by atoms with E-state index in [4.69, 9.17) is 0 Å². The molecule has 0 saturated heterocycles. The van der Waals surface area contributed by atoms with Crippen molar-refractivity contribution in [2.45, 2.75) is 32.5 Å². The molecular formula is C21H22N4O2. The topological polar surface area (TPSA) is 71.2 Å². The SMILES string of the molecule is Cn1cc(-c2ccc(CN3Cc4ncccc4C3=O)cc2)c(C(C)(C)O)n1. The van der Waals surface area contributed by atoms with E-state index in [2.05, 4.69) is 10.1 Å². The van der Waals surface area contributed by atoms with E-state index in [-0.39, 0.29) is 5.91 Å². The van der Waals surface area contributed by atoms with Gasteiger partial charge >= 0.3 is 0 Å². The number of aryl methyl sites for hydroxylation is 1. The van der Waals surface area contributed by atoms with Crippen LogP contribution < -0.4 is 0 Å². The molecule has 6 nitrogen and oxygen atoms in total. The first-order chi connectivity index (χ1) is 12.8. The maximum Gasteiger partial charge on any atom is 0.256 e. The predicted octanol–water partition coefficient (Wildman–Crippen LogP) is 2.87. The van der Waals surface area contributed by atoms with Crippen LogP contribution in [0.5, 0.6) is 0 Å². The highest BCUT2D eigenvalue weighted by molar-refractivity contribution is 5.97. The van der Waals surface area contributed by atoms with Crippen molar-refractivity contribution in [1.82, 2.24) is 19.7 Å². The predicted molar refractivity (Wildman–Crippen MR) is 102 cm³/mol. The summed E-state index contributed by atoms with van der Waals surface area (Å²) in [6.45, 7) is 4.55. The van der Waals surface area contributed by atoms with Gasteiger partial charge in [-0.05, 0) is 37.1 Å². The van der Waals surface area contributed by atoms with Crippen LogP contribution in [0.1, 0.15) is 41.2 Å². The van der Waals surface area contributed by atoms with Gasteiger partial charge in [-0.25, -0.2) is 0 Å². The van der Waals surface area contributed by atoms with Crippen molar-refractivity contribution >= 4 is 5.91 Å². The highest BCUT2D eigenvalue weighted by Crippen LogP contribution is 2.31. The van der Waals surface area contributed by atoms with Crippen molar-refractivity contribution in [1.29, 1.82) is 0 Å². The first kappa shape index (κ1) is 17.4. The lowest BCUT2D eigenvalue weighted by Crippen LogP contribution is -2.23. The molecule has 3 aromatic rings. The molecule has 0 unspecified atom stereocenters. The van der Waals surface area contributed by atoms with E-state index in [1.807, 2.05) is 43.6 Å². The second kappa shape index (κ2) is 6.32. The van der Waals surface area contributed by atoms with Crippen molar-refractivity contribution in [3.05, 3.63) is 71.3 Å². The van der Waals surface area contributed by atoms with Gasteiger partial charge in [0.1, 0.15) is 11.3 Å². The Hall–Kier alpha value is -2.99. The Bertz CT molecular complexity index is 1000. The summed E-state index contributed by atoms with van der Waals surface area (Å²) < 4.78 is 1.71. The third-order valence-corrected chi connectivity index (χ3v) is 4.80. The standard InChI is InChI=1S/C21H22N4O2/c1-21(2,27)19-17(12-24(3)23-19)15-8-6-14(7-9-15)11-25-13-18-16(20(25)26)5-4-10-22-18/h4-10,12,27H,11,13H2,1-3H3. The quantitative estimate of drug-likeness (QED) is 0.775. The Morgan fingerprint density at radius 3 is 2.56 bits per heavy atom. The minimum Gasteiger partial charge on any atom is -0.384 e. The first-order valence-corrected chi connectivity index (χ1v) is 8.92. The molecule has 3 heterocycles. The molecule has 1 aromatic carbocycles. The molecule has 1 aliphatic heterocycles. The van der Waals surface area contributed by atoms with Crippen molar-refractivity contribution in [3.63, 3.8) is 0 Å². The van der Waals surface area contributed by atoms with Crippen LogP contribution in [0.2, 0.25) is 0 Å². The minimum atomic E-state index is -1.02. The zero-order valence-corrected chi connectivity index (χ0v) is 15.7. The lowest BCUT2D eigenvalue weighted by atomic mass is 9.96. The Morgan fingerprint density at radius 2 is 1.89 bits per heavy atom. The van der Waals surface area contributed by atoms with Crippen LogP contribution in [-0.4, -0.2) is 30.7 Å². The summed E-state index contributed by atoms with van der Waals surface area (Å²) in [5.74, 6) is 0.0266. The number of rotatable bonds is 4. The molecule has 0 radical (unpaired) electrons. The Labute approximate surface area is 158 Å². The lowest BCUT2D eigenvalue weighted by molar-refractivity contribution is 0.0736. The molecule has 27 heavy (non-hydrogen) atoms. The third-order valence-electron chi connectivity index (χ3n) is 4.80. The monoisotopic (exact) mass is 362 g/mol. The molecule has 0 spiro atoms. The van der Waals surface area contributed by atoms with Gasteiger partial charge in [-0.2, -0.15) is 5.10 Å². The van der Waals surface area contributed by atoms with Gasteiger partial charge in [-0.3, -0.25) is 14.5 Å². The van der Waals surface area contributed by atoms with Gasteiger partial charge in [0, 0.05) is 31.5 Å². The average molecular weight is 362 g/mol. The van der Waals surface area contributed by atoms with Crippen LogP contribution >= 0.6 is 0 Å². The van der Waals surface area contributed by atoms with Gasteiger partial charge in [0.2, 0.25) is 0 Å².